The molecule has 1 N–H and O–H groups in total. The van der Waals surface area contributed by atoms with E-state index >= 15 is 0 Å². The molecule has 2 aliphatic rings. The van der Waals surface area contributed by atoms with Crippen LogP contribution in [0.5, 0.6) is 5.75 Å². The van der Waals surface area contributed by atoms with Gasteiger partial charge >= 0.3 is 0 Å². The molecule has 3 rings (SSSR count). The Morgan fingerprint density at radius 1 is 1.20 bits per heavy atom. The van der Waals surface area contributed by atoms with Gasteiger partial charge in [0.2, 0.25) is 5.91 Å². The minimum atomic E-state index is -1.27. The smallest absolute Gasteiger partial charge is 0.255 e. The average Bonchev–Trinajstić information content (AvgIpc) is 3.02. The molecule has 2 aliphatic heterocycles. The van der Waals surface area contributed by atoms with Crippen molar-refractivity contribution in [3.63, 3.8) is 0 Å². The molecule has 1 atom stereocenters. The summed E-state index contributed by atoms with van der Waals surface area (Å²) in [6.07, 6.45) is 0.477. The Kier molecular flexibility index (Phi) is 6.64. The molecule has 0 radical (unpaired) electrons. The maximum Gasteiger partial charge on any atom is 0.255 e. The molecule has 1 aromatic carbocycles. The SMILES string of the molecule is COc1cc(CO)cc2c1CN(C1CCC(=O)N(COCC[Si](C)(C)C)C1=O)C2=O. The first-order valence-electron chi connectivity index (χ1n) is 10.2. The Hall–Kier alpha value is -2.23. The summed E-state index contributed by atoms with van der Waals surface area (Å²) in [5.74, 6) is -0.445. The van der Waals surface area contributed by atoms with Crippen molar-refractivity contribution < 1.29 is 29.0 Å². The molecule has 1 aromatic rings. The van der Waals surface area contributed by atoms with Crippen molar-refractivity contribution >= 4 is 25.8 Å². The van der Waals surface area contributed by atoms with Crippen molar-refractivity contribution in [1.82, 2.24) is 9.80 Å². The summed E-state index contributed by atoms with van der Waals surface area (Å²) in [5.41, 5.74) is 1.70. The Morgan fingerprint density at radius 2 is 1.93 bits per heavy atom. The van der Waals surface area contributed by atoms with Crippen LogP contribution in [0.4, 0.5) is 0 Å². The Labute approximate surface area is 177 Å². The first kappa shape index (κ1) is 22.5. The third-order valence-electron chi connectivity index (χ3n) is 5.57. The van der Waals surface area contributed by atoms with Gasteiger partial charge in [0.15, 0.2) is 0 Å². The summed E-state index contributed by atoms with van der Waals surface area (Å²) >= 11 is 0. The lowest BCUT2D eigenvalue weighted by Gasteiger charge is -2.35. The van der Waals surface area contributed by atoms with Crippen molar-refractivity contribution in [3.05, 3.63) is 28.8 Å². The molecule has 0 spiro atoms. The van der Waals surface area contributed by atoms with Gasteiger partial charge in [0.25, 0.3) is 11.8 Å². The summed E-state index contributed by atoms with van der Waals surface area (Å²) in [6, 6.07) is 3.56. The zero-order valence-corrected chi connectivity index (χ0v) is 19.1. The number of piperidine rings is 1. The molecule has 0 aliphatic carbocycles. The molecule has 1 fully saturated rings. The minimum Gasteiger partial charge on any atom is -0.496 e. The number of rotatable bonds is 8. The van der Waals surface area contributed by atoms with Gasteiger partial charge < -0.3 is 19.5 Å². The van der Waals surface area contributed by atoms with Crippen molar-refractivity contribution in [3.8, 4) is 5.75 Å². The van der Waals surface area contributed by atoms with E-state index in [9.17, 15) is 19.5 Å². The number of aliphatic hydroxyl groups excluding tert-OH is 1. The topological polar surface area (TPSA) is 96.4 Å². The number of benzene rings is 1. The van der Waals surface area contributed by atoms with Crippen LogP contribution in [0.15, 0.2) is 12.1 Å². The van der Waals surface area contributed by atoms with Crippen LogP contribution in [0.2, 0.25) is 25.7 Å². The number of aliphatic hydroxyl groups is 1. The number of carbonyl (C=O) groups is 3. The summed E-state index contributed by atoms with van der Waals surface area (Å²) in [7, 11) is 0.237. The lowest BCUT2D eigenvalue weighted by molar-refractivity contribution is -0.158. The average molecular weight is 435 g/mol. The molecule has 2 heterocycles. The van der Waals surface area contributed by atoms with E-state index in [2.05, 4.69) is 19.6 Å². The summed E-state index contributed by atoms with van der Waals surface area (Å²) in [5, 5.41) is 9.46. The maximum absolute atomic E-state index is 13.1. The van der Waals surface area contributed by atoms with E-state index < -0.39 is 20.0 Å². The quantitative estimate of drug-likeness (QED) is 0.382. The third-order valence-corrected chi connectivity index (χ3v) is 7.27. The van der Waals surface area contributed by atoms with Crippen LogP contribution in [0.25, 0.3) is 0 Å². The number of hydrogen-bond acceptors (Lipinski definition) is 6. The van der Waals surface area contributed by atoms with Gasteiger partial charge in [-0.15, -0.1) is 0 Å². The van der Waals surface area contributed by atoms with Crippen LogP contribution in [0, 0.1) is 0 Å². The molecular weight excluding hydrogens is 404 g/mol. The predicted octanol–water partition coefficient (Wildman–Crippen LogP) is 1.97. The van der Waals surface area contributed by atoms with Crippen LogP contribution in [0.3, 0.4) is 0 Å². The normalized spacial score (nSPS) is 19.5. The van der Waals surface area contributed by atoms with E-state index in [4.69, 9.17) is 9.47 Å². The fourth-order valence-corrected chi connectivity index (χ4v) is 4.52. The van der Waals surface area contributed by atoms with Crippen LogP contribution in [-0.4, -0.2) is 67.2 Å². The number of nitrogens with zero attached hydrogens (tertiary/aromatic N) is 2. The van der Waals surface area contributed by atoms with E-state index in [0.29, 0.717) is 29.0 Å². The maximum atomic E-state index is 13.1. The number of amides is 3. The number of hydrogen-bond donors (Lipinski definition) is 1. The molecule has 164 valence electrons. The van der Waals surface area contributed by atoms with Crippen molar-refractivity contribution in [2.24, 2.45) is 0 Å². The van der Waals surface area contributed by atoms with Gasteiger partial charge in [0.1, 0.15) is 18.5 Å². The van der Waals surface area contributed by atoms with Crippen LogP contribution < -0.4 is 4.74 Å². The van der Waals surface area contributed by atoms with Crippen LogP contribution in [0.1, 0.15) is 34.3 Å². The highest BCUT2D eigenvalue weighted by Gasteiger charge is 2.43. The van der Waals surface area contributed by atoms with Gasteiger partial charge in [0.05, 0.1) is 20.3 Å². The second kappa shape index (κ2) is 8.87. The minimum absolute atomic E-state index is 0.0778. The van der Waals surface area contributed by atoms with Crippen molar-refractivity contribution in [2.75, 3.05) is 20.4 Å². The Bertz CT molecular complexity index is 851. The van der Waals surface area contributed by atoms with Gasteiger partial charge in [0, 0.05) is 32.2 Å². The lowest BCUT2D eigenvalue weighted by atomic mass is 10.0. The Balaban J connectivity index is 1.73. The second-order valence-corrected chi connectivity index (χ2v) is 14.6. The summed E-state index contributed by atoms with van der Waals surface area (Å²) in [4.78, 5) is 41.1. The number of methoxy groups -OCH3 is 1. The number of likely N-dealkylation sites (tertiary alicyclic amines) is 1. The lowest BCUT2D eigenvalue weighted by Crippen LogP contribution is -2.55. The highest BCUT2D eigenvalue weighted by molar-refractivity contribution is 6.76. The van der Waals surface area contributed by atoms with Crippen LogP contribution in [-0.2, 0) is 27.5 Å². The third kappa shape index (κ3) is 4.58. The van der Waals surface area contributed by atoms with E-state index in [1.807, 2.05) is 0 Å². The number of carbonyl (C=O) groups excluding carboxylic acids is 3. The van der Waals surface area contributed by atoms with Crippen molar-refractivity contribution in [2.45, 2.75) is 57.7 Å². The van der Waals surface area contributed by atoms with Gasteiger partial charge in [-0.05, 0) is 30.2 Å². The molecule has 30 heavy (non-hydrogen) atoms. The molecule has 0 bridgehead atoms. The van der Waals surface area contributed by atoms with E-state index in [-0.39, 0.29) is 44.5 Å². The zero-order chi connectivity index (χ0) is 22.1. The monoisotopic (exact) mass is 434 g/mol. The van der Waals surface area contributed by atoms with Gasteiger partial charge in [-0.2, -0.15) is 0 Å². The van der Waals surface area contributed by atoms with E-state index in [1.165, 1.54) is 12.0 Å². The highest BCUT2D eigenvalue weighted by Crippen LogP contribution is 2.35. The molecule has 3 amide bonds. The molecule has 0 aromatic heterocycles. The van der Waals surface area contributed by atoms with Gasteiger partial charge in [-0.1, -0.05) is 19.6 Å². The number of imide groups is 1. The second-order valence-electron chi connectivity index (χ2n) is 8.98. The summed E-state index contributed by atoms with van der Waals surface area (Å²) < 4.78 is 11.0. The molecule has 0 saturated carbocycles. The summed E-state index contributed by atoms with van der Waals surface area (Å²) in [6.45, 7) is 7.15. The predicted molar refractivity (Wildman–Crippen MR) is 113 cm³/mol. The van der Waals surface area contributed by atoms with E-state index in [0.717, 1.165) is 10.9 Å². The van der Waals surface area contributed by atoms with Crippen molar-refractivity contribution in [1.29, 1.82) is 0 Å². The molecule has 1 saturated heterocycles. The fourth-order valence-electron chi connectivity index (χ4n) is 3.76. The first-order chi connectivity index (χ1) is 14.2. The molecule has 9 heteroatoms. The van der Waals surface area contributed by atoms with Crippen LogP contribution >= 0.6 is 0 Å². The zero-order valence-electron chi connectivity index (χ0n) is 18.1. The first-order valence-corrected chi connectivity index (χ1v) is 13.9. The molecular formula is C21H30N2O6Si. The Morgan fingerprint density at radius 3 is 2.57 bits per heavy atom. The highest BCUT2D eigenvalue weighted by atomic mass is 28.3. The molecule has 8 nitrogen and oxygen atoms in total. The number of ether oxygens (including phenoxy) is 2. The van der Waals surface area contributed by atoms with Gasteiger partial charge in [-0.3, -0.25) is 19.3 Å². The molecule has 1 unspecified atom stereocenters. The largest absolute Gasteiger partial charge is 0.496 e. The van der Waals surface area contributed by atoms with Gasteiger partial charge in [-0.25, -0.2) is 0 Å². The fraction of sp³-hybridized carbons (Fsp3) is 0.571. The standard InChI is InChI=1S/C21H30N2O6Si/c1-28-18-10-14(12-24)9-15-16(18)11-22(20(15)26)17-5-6-19(25)23(21(17)27)13-29-7-8-30(2,3)4/h9-10,17,24H,5-8,11-13H2,1-4H3. The number of fused-ring (bicyclic) bond motifs is 1. The van der Waals surface area contributed by atoms with E-state index in [1.54, 1.807) is 12.1 Å².